The van der Waals surface area contributed by atoms with E-state index in [0.29, 0.717) is 5.69 Å². The lowest BCUT2D eigenvalue weighted by Crippen LogP contribution is -2.08. The van der Waals surface area contributed by atoms with Gasteiger partial charge in [-0.1, -0.05) is 42.5 Å². The van der Waals surface area contributed by atoms with Crippen molar-refractivity contribution in [2.75, 3.05) is 5.32 Å². The van der Waals surface area contributed by atoms with Gasteiger partial charge in [0.25, 0.3) is 0 Å². The summed E-state index contributed by atoms with van der Waals surface area (Å²) >= 11 is 0. The minimum atomic E-state index is -0.581. The maximum absolute atomic E-state index is 13.7. The van der Waals surface area contributed by atoms with Crippen molar-refractivity contribution >= 4 is 16.5 Å². The Bertz CT molecular complexity index is 778. The van der Waals surface area contributed by atoms with E-state index < -0.39 is 11.6 Å². The predicted molar refractivity (Wildman–Crippen MR) is 82.3 cm³/mol. The Labute approximate surface area is 122 Å². The first-order chi connectivity index (χ1) is 10.1. The van der Waals surface area contributed by atoms with E-state index in [2.05, 4.69) is 5.32 Å². The molecule has 1 N–H and O–H groups in total. The second-order valence-electron chi connectivity index (χ2n) is 5.06. The summed E-state index contributed by atoms with van der Waals surface area (Å²) in [6.45, 7) is 1.96. The van der Waals surface area contributed by atoms with Crippen molar-refractivity contribution in [3.63, 3.8) is 0 Å². The molecule has 0 amide bonds. The smallest absolute Gasteiger partial charge is 0.149 e. The van der Waals surface area contributed by atoms with Crippen LogP contribution in [0.3, 0.4) is 0 Å². The van der Waals surface area contributed by atoms with Crippen molar-refractivity contribution in [3.8, 4) is 0 Å². The molecule has 3 aromatic rings. The maximum atomic E-state index is 13.7. The number of hydrogen-bond acceptors (Lipinski definition) is 1. The van der Waals surface area contributed by atoms with Crippen molar-refractivity contribution in [1.82, 2.24) is 0 Å². The molecule has 0 spiro atoms. The number of halogens is 2. The molecule has 3 heteroatoms. The van der Waals surface area contributed by atoms with Gasteiger partial charge < -0.3 is 5.32 Å². The van der Waals surface area contributed by atoms with Crippen LogP contribution < -0.4 is 5.32 Å². The standard InChI is InChI=1S/C18H15F2N/c1-12(21-18-10-9-14(19)11-17(18)20)15-8-4-6-13-5-2-3-7-16(13)15/h2-12,21H,1H3. The van der Waals surface area contributed by atoms with Gasteiger partial charge >= 0.3 is 0 Å². The van der Waals surface area contributed by atoms with Crippen LogP contribution in [0.15, 0.2) is 60.7 Å². The SMILES string of the molecule is CC(Nc1ccc(F)cc1F)c1cccc2ccccc12. The van der Waals surface area contributed by atoms with Gasteiger partial charge in [-0.25, -0.2) is 8.78 Å². The molecule has 0 aromatic heterocycles. The molecule has 0 aliphatic rings. The van der Waals surface area contributed by atoms with Gasteiger partial charge in [-0.3, -0.25) is 0 Å². The lowest BCUT2D eigenvalue weighted by molar-refractivity contribution is 0.584. The predicted octanol–water partition coefficient (Wildman–Crippen LogP) is 5.29. The van der Waals surface area contributed by atoms with Gasteiger partial charge in [0.05, 0.1) is 5.69 Å². The van der Waals surface area contributed by atoms with Crippen LogP contribution in [0.2, 0.25) is 0 Å². The molecule has 0 aliphatic heterocycles. The Balaban J connectivity index is 1.95. The molecule has 0 saturated heterocycles. The van der Waals surface area contributed by atoms with Gasteiger partial charge in [0.2, 0.25) is 0 Å². The van der Waals surface area contributed by atoms with Crippen LogP contribution in [0.4, 0.5) is 14.5 Å². The third kappa shape index (κ3) is 2.72. The molecule has 0 bridgehead atoms. The molecule has 0 fully saturated rings. The third-order valence-electron chi connectivity index (χ3n) is 3.59. The van der Waals surface area contributed by atoms with E-state index >= 15 is 0 Å². The van der Waals surface area contributed by atoms with Gasteiger partial charge in [-0.2, -0.15) is 0 Å². The number of benzene rings is 3. The number of hydrogen-bond donors (Lipinski definition) is 1. The highest BCUT2D eigenvalue weighted by molar-refractivity contribution is 5.86. The Hall–Kier alpha value is -2.42. The van der Waals surface area contributed by atoms with E-state index in [4.69, 9.17) is 0 Å². The summed E-state index contributed by atoms with van der Waals surface area (Å²) in [5.41, 5.74) is 1.38. The number of fused-ring (bicyclic) bond motifs is 1. The summed E-state index contributed by atoms with van der Waals surface area (Å²) in [6.07, 6.45) is 0. The second kappa shape index (κ2) is 5.52. The summed E-state index contributed by atoms with van der Waals surface area (Å²) in [5.74, 6) is -1.15. The van der Waals surface area contributed by atoms with Gasteiger partial charge in [0, 0.05) is 12.1 Å². The normalized spacial score (nSPS) is 12.3. The molecule has 3 rings (SSSR count). The Morgan fingerprint density at radius 3 is 2.48 bits per heavy atom. The van der Waals surface area contributed by atoms with E-state index in [0.717, 1.165) is 22.4 Å². The summed E-state index contributed by atoms with van der Waals surface area (Å²) in [4.78, 5) is 0. The second-order valence-corrected chi connectivity index (χ2v) is 5.06. The summed E-state index contributed by atoms with van der Waals surface area (Å²) < 4.78 is 26.7. The zero-order chi connectivity index (χ0) is 14.8. The molecule has 0 radical (unpaired) electrons. The molecule has 1 unspecified atom stereocenters. The third-order valence-corrected chi connectivity index (χ3v) is 3.59. The van der Waals surface area contributed by atoms with E-state index in [-0.39, 0.29) is 6.04 Å². The lowest BCUT2D eigenvalue weighted by atomic mass is 9.99. The topological polar surface area (TPSA) is 12.0 Å². The average Bonchev–Trinajstić information content (AvgIpc) is 2.49. The van der Waals surface area contributed by atoms with Crippen molar-refractivity contribution in [1.29, 1.82) is 0 Å². The molecular formula is C18H15F2N. The van der Waals surface area contributed by atoms with Gasteiger partial charge in [-0.15, -0.1) is 0 Å². The summed E-state index contributed by atoms with van der Waals surface area (Å²) in [6, 6.07) is 17.6. The van der Waals surface area contributed by atoms with Crippen molar-refractivity contribution in [3.05, 3.63) is 77.9 Å². The van der Waals surface area contributed by atoms with Crippen LogP contribution >= 0.6 is 0 Å². The summed E-state index contributed by atoms with van der Waals surface area (Å²) in [7, 11) is 0. The summed E-state index contributed by atoms with van der Waals surface area (Å²) in [5, 5.41) is 5.37. The van der Waals surface area contributed by atoms with Crippen LogP contribution in [0.5, 0.6) is 0 Å². The first-order valence-corrected chi connectivity index (χ1v) is 6.84. The van der Waals surface area contributed by atoms with Crippen LogP contribution in [0.1, 0.15) is 18.5 Å². The molecule has 1 nitrogen and oxygen atoms in total. The number of anilines is 1. The maximum Gasteiger partial charge on any atom is 0.149 e. The Morgan fingerprint density at radius 1 is 0.905 bits per heavy atom. The number of nitrogens with one attached hydrogen (secondary N) is 1. The highest BCUT2D eigenvalue weighted by Crippen LogP contribution is 2.27. The van der Waals surface area contributed by atoms with Crippen LogP contribution in [-0.4, -0.2) is 0 Å². The quantitative estimate of drug-likeness (QED) is 0.688. The molecule has 0 saturated carbocycles. The fourth-order valence-corrected chi connectivity index (χ4v) is 2.55. The fourth-order valence-electron chi connectivity index (χ4n) is 2.55. The van der Waals surface area contributed by atoms with Crippen molar-refractivity contribution in [2.45, 2.75) is 13.0 Å². The molecule has 21 heavy (non-hydrogen) atoms. The van der Waals surface area contributed by atoms with Gasteiger partial charge in [-0.05, 0) is 35.4 Å². The van der Waals surface area contributed by atoms with E-state index in [1.54, 1.807) is 0 Å². The minimum absolute atomic E-state index is 0.0870. The molecule has 1 atom stereocenters. The average molecular weight is 283 g/mol. The monoisotopic (exact) mass is 283 g/mol. The van der Waals surface area contributed by atoms with E-state index in [1.807, 2.05) is 49.4 Å². The zero-order valence-corrected chi connectivity index (χ0v) is 11.6. The van der Waals surface area contributed by atoms with Gasteiger partial charge in [0.15, 0.2) is 0 Å². The van der Waals surface area contributed by atoms with Crippen LogP contribution in [-0.2, 0) is 0 Å². The minimum Gasteiger partial charge on any atom is -0.376 e. The fraction of sp³-hybridized carbons (Fsp3) is 0.111. The molecule has 3 aromatic carbocycles. The molecule has 0 aliphatic carbocycles. The van der Waals surface area contributed by atoms with E-state index in [9.17, 15) is 8.78 Å². The highest BCUT2D eigenvalue weighted by atomic mass is 19.1. The number of rotatable bonds is 3. The molecule has 106 valence electrons. The van der Waals surface area contributed by atoms with Crippen molar-refractivity contribution < 1.29 is 8.78 Å². The largest absolute Gasteiger partial charge is 0.376 e. The first kappa shape index (κ1) is 13.6. The van der Waals surface area contributed by atoms with Crippen molar-refractivity contribution in [2.24, 2.45) is 0 Å². The Kier molecular flexibility index (Phi) is 3.57. The molecular weight excluding hydrogens is 268 g/mol. The zero-order valence-electron chi connectivity index (χ0n) is 11.6. The van der Waals surface area contributed by atoms with Crippen LogP contribution in [0, 0.1) is 11.6 Å². The Morgan fingerprint density at radius 2 is 1.67 bits per heavy atom. The van der Waals surface area contributed by atoms with Gasteiger partial charge in [0.1, 0.15) is 11.6 Å². The lowest BCUT2D eigenvalue weighted by Gasteiger charge is -2.18. The van der Waals surface area contributed by atoms with E-state index in [1.165, 1.54) is 12.1 Å². The first-order valence-electron chi connectivity index (χ1n) is 6.84. The molecule has 0 heterocycles. The highest BCUT2D eigenvalue weighted by Gasteiger charge is 2.11. The van der Waals surface area contributed by atoms with Crippen LogP contribution in [0.25, 0.3) is 10.8 Å².